The van der Waals surface area contributed by atoms with Crippen molar-refractivity contribution in [2.45, 2.75) is 19.8 Å². The Hall–Kier alpha value is -2.37. The first-order valence-corrected chi connectivity index (χ1v) is 8.50. The van der Waals surface area contributed by atoms with Gasteiger partial charge in [-0.25, -0.2) is 4.98 Å². The van der Waals surface area contributed by atoms with Crippen LogP contribution in [0, 0.1) is 6.92 Å². The average Bonchev–Trinajstić information content (AvgIpc) is 2.94. The van der Waals surface area contributed by atoms with Gasteiger partial charge in [0.2, 0.25) is 5.91 Å². The summed E-state index contributed by atoms with van der Waals surface area (Å²) < 4.78 is 1.51. The molecule has 128 valence electrons. The first kappa shape index (κ1) is 17.5. The molecule has 5 nitrogen and oxygen atoms in total. The fraction of sp³-hybridized carbons (Fsp3) is 0.167. The number of anilines is 1. The highest BCUT2D eigenvalue weighted by Crippen LogP contribution is 2.25. The van der Waals surface area contributed by atoms with E-state index in [1.807, 2.05) is 37.3 Å². The number of carbonyl (C=O) groups excluding carboxylic acids is 1. The maximum atomic E-state index is 12.3. The zero-order valence-corrected chi connectivity index (χ0v) is 15.1. The quantitative estimate of drug-likeness (QED) is 0.717. The van der Waals surface area contributed by atoms with E-state index in [1.165, 1.54) is 10.9 Å². The minimum atomic E-state index is -0.102. The van der Waals surface area contributed by atoms with Gasteiger partial charge in [-0.1, -0.05) is 53.5 Å². The topological polar surface area (TPSA) is 59.8 Å². The number of rotatable bonds is 5. The van der Waals surface area contributed by atoms with Gasteiger partial charge in [0.25, 0.3) is 0 Å². The molecule has 0 atom stereocenters. The maximum absolute atomic E-state index is 12.3. The number of nitrogens with one attached hydrogen (secondary N) is 1. The molecule has 1 aromatic carbocycles. The number of hydrogen-bond donors (Lipinski definition) is 1. The number of aromatic nitrogens is 3. The van der Waals surface area contributed by atoms with Gasteiger partial charge in [0.1, 0.15) is 5.82 Å². The molecule has 0 aliphatic carbocycles. The predicted molar refractivity (Wildman–Crippen MR) is 99.5 cm³/mol. The lowest BCUT2D eigenvalue weighted by Gasteiger charge is -2.09. The Morgan fingerprint density at radius 1 is 1.20 bits per heavy atom. The van der Waals surface area contributed by atoms with Crippen LogP contribution < -0.4 is 5.32 Å². The summed E-state index contributed by atoms with van der Waals surface area (Å²) in [6.07, 6.45) is 2.52. The minimum absolute atomic E-state index is 0.102. The predicted octanol–water partition coefficient (Wildman–Crippen LogP) is 4.45. The summed E-state index contributed by atoms with van der Waals surface area (Å²) in [4.78, 5) is 16.5. The van der Waals surface area contributed by atoms with Crippen molar-refractivity contribution in [3.63, 3.8) is 0 Å². The molecule has 2 aromatic heterocycles. The molecule has 0 aliphatic heterocycles. The molecule has 1 N–H and O–H groups in total. The third-order valence-electron chi connectivity index (χ3n) is 3.57. The summed E-state index contributed by atoms with van der Waals surface area (Å²) in [5, 5.41) is 8.02. The second kappa shape index (κ2) is 7.68. The Labute approximate surface area is 155 Å². The molecule has 0 radical (unpaired) electrons. The van der Waals surface area contributed by atoms with E-state index in [-0.39, 0.29) is 5.91 Å². The Bertz CT molecular complexity index is 893. The first-order chi connectivity index (χ1) is 12.0. The summed E-state index contributed by atoms with van der Waals surface area (Å²) in [7, 11) is 0. The van der Waals surface area contributed by atoms with Crippen molar-refractivity contribution < 1.29 is 4.79 Å². The Morgan fingerprint density at radius 2 is 1.96 bits per heavy atom. The molecule has 0 saturated carbocycles. The molecule has 2 heterocycles. The van der Waals surface area contributed by atoms with Gasteiger partial charge < -0.3 is 5.32 Å². The molecule has 1 amide bonds. The molecule has 0 bridgehead atoms. The number of aryl methyl sites for hydroxylation is 2. The number of halogens is 2. The lowest BCUT2D eigenvalue weighted by Crippen LogP contribution is -2.16. The van der Waals surface area contributed by atoms with Crippen molar-refractivity contribution in [2.75, 3.05) is 5.32 Å². The molecule has 0 saturated heterocycles. The number of benzene rings is 1. The average molecular weight is 375 g/mol. The SMILES string of the molecule is Cc1cc(NC(=O)CCc2ccccc2)n(-c2ncc(Cl)cc2Cl)n1. The molecule has 3 aromatic rings. The Kier molecular flexibility index (Phi) is 5.36. The largest absolute Gasteiger partial charge is 0.311 e. The van der Waals surface area contributed by atoms with Gasteiger partial charge in [-0.3, -0.25) is 4.79 Å². The fourth-order valence-electron chi connectivity index (χ4n) is 2.42. The van der Waals surface area contributed by atoms with Crippen molar-refractivity contribution in [2.24, 2.45) is 0 Å². The van der Waals surface area contributed by atoms with Gasteiger partial charge in [-0.2, -0.15) is 9.78 Å². The van der Waals surface area contributed by atoms with Crippen molar-refractivity contribution in [1.29, 1.82) is 0 Å². The highest BCUT2D eigenvalue weighted by molar-refractivity contribution is 6.35. The van der Waals surface area contributed by atoms with E-state index in [2.05, 4.69) is 15.4 Å². The van der Waals surface area contributed by atoms with E-state index in [1.54, 1.807) is 12.1 Å². The normalized spacial score (nSPS) is 10.7. The van der Waals surface area contributed by atoms with E-state index >= 15 is 0 Å². The van der Waals surface area contributed by atoms with Crippen molar-refractivity contribution >= 4 is 34.9 Å². The minimum Gasteiger partial charge on any atom is -0.311 e. The summed E-state index contributed by atoms with van der Waals surface area (Å²) >= 11 is 12.1. The van der Waals surface area contributed by atoms with Crippen LogP contribution in [-0.2, 0) is 11.2 Å². The fourth-order valence-corrected chi connectivity index (χ4v) is 2.88. The van der Waals surface area contributed by atoms with Gasteiger partial charge in [-0.05, 0) is 25.0 Å². The number of amides is 1. The molecule has 0 spiro atoms. The molecular weight excluding hydrogens is 359 g/mol. The molecule has 0 unspecified atom stereocenters. The van der Waals surface area contributed by atoms with Crippen LogP contribution >= 0.6 is 23.2 Å². The number of nitrogens with zero attached hydrogens (tertiary/aromatic N) is 3. The van der Waals surface area contributed by atoms with E-state index < -0.39 is 0 Å². The summed E-state index contributed by atoms with van der Waals surface area (Å²) in [5.74, 6) is 0.833. The Balaban J connectivity index is 1.75. The molecule has 0 fully saturated rings. The van der Waals surface area contributed by atoms with Crippen molar-refractivity contribution in [3.05, 3.63) is 70.0 Å². The standard InChI is InChI=1S/C18H16Cl2N4O/c1-12-9-16(22-17(25)8-7-13-5-3-2-4-6-13)24(23-12)18-15(20)10-14(19)11-21-18/h2-6,9-11H,7-8H2,1H3,(H,22,25). The zero-order chi connectivity index (χ0) is 17.8. The molecule has 25 heavy (non-hydrogen) atoms. The molecule has 3 rings (SSSR count). The van der Waals surface area contributed by atoms with Crippen LogP contribution in [0.2, 0.25) is 10.0 Å². The monoisotopic (exact) mass is 374 g/mol. The Morgan fingerprint density at radius 3 is 2.68 bits per heavy atom. The number of pyridine rings is 1. The molecular formula is C18H16Cl2N4O. The van der Waals surface area contributed by atoms with Crippen LogP contribution in [0.15, 0.2) is 48.7 Å². The summed E-state index contributed by atoms with van der Waals surface area (Å²) in [6.45, 7) is 1.83. The number of carbonyl (C=O) groups is 1. The molecule has 0 aliphatic rings. The van der Waals surface area contributed by atoms with Crippen LogP contribution in [-0.4, -0.2) is 20.7 Å². The van der Waals surface area contributed by atoms with E-state index in [0.29, 0.717) is 34.5 Å². The lowest BCUT2D eigenvalue weighted by atomic mass is 10.1. The van der Waals surface area contributed by atoms with Gasteiger partial charge in [-0.15, -0.1) is 0 Å². The van der Waals surface area contributed by atoms with Crippen LogP contribution in [0.5, 0.6) is 0 Å². The van der Waals surface area contributed by atoms with Crippen LogP contribution in [0.25, 0.3) is 5.82 Å². The maximum Gasteiger partial charge on any atom is 0.225 e. The zero-order valence-electron chi connectivity index (χ0n) is 13.5. The van der Waals surface area contributed by atoms with Crippen LogP contribution in [0.3, 0.4) is 0 Å². The van der Waals surface area contributed by atoms with Crippen molar-refractivity contribution in [1.82, 2.24) is 14.8 Å². The highest BCUT2D eigenvalue weighted by atomic mass is 35.5. The molecule has 7 heteroatoms. The van der Waals surface area contributed by atoms with Crippen LogP contribution in [0.4, 0.5) is 5.82 Å². The van der Waals surface area contributed by atoms with E-state index in [9.17, 15) is 4.79 Å². The van der Waals surface area contributed by atoms with Crippen LogP contribution in [0.1, 0.15) is 17.7 Å². The summed E-state index contributed by atoms with van der Waals surface area (Å²) in [5.41, 5.74) is 1.86. The number of hydrogen-bond acceptors (Lipinski definition) is 3. The van der Waals surface area contributed by atoms with Gasteiger partial charge >= 0.3 is 0 Å². The smallest absolute Gasteiger partial charge is 0.225 e. The first-order valence-electron chi connectivity index (χ1n) is 7.75. The van der Waals surface area contributed by atoms with Crippen molar-refractivity contribution in [3.8, 4) is 5.82 Å². The third kappa shape index (κ3) is 4.38. The second-order valence-corrected chi connectivity index (χ2v) is 6.42. The lowest BCUT2D eigenvalue weighted by molar-refractivity contribution is -0.116. The van der Waals surface area contributed by atoms with E-state index in [0.717, 1.165) is 11.3 Å². The second-order valence-electron chi connectivity index (χ2n) is 5.58. The van der Waals surface area contributed by atoms with Gasteiger partial charge in [0, 0.05) is 18.7 Å². The summed E-state index contributed by atoms with van der Waals surface area (Å²) in [6, 6.07) is 13.2. The van der Waals surface area contributed by atoms with E-state index in [4.69, 9.17) is 23.2 Å². The highest BCUT2D eigenvalue weighted by Gasteiger charge is 2.14. The van der Waals surface area contributed by atoms with Gasteiger partial charge in [0.15, 0.2) is 5.82 Å². The third-order valence-corrected chi connectivity index (χ3v) is 4.06. The van der Waals surface area contributed by atoms with Gasteiger partial charge in [0.05, 0.1) is 15.7 Å².